The summed E-state index contributed by atoms with van der Waals surface area (Å²) >= 11 is 1.61. The van der Waals surface area contributed by atoms with Crippen LogP contribution in [0.1, 0.15) is 34.1 Å². The number of carbonyl (C=O) groups is 3. The number of nitrogens with zero attached hydrogens (tertiary/aromatic N) is 2. The second kappa shape index (κ2) is 8.55. The molecule has 164 valence electrons. The van der Waals surface area contributed by atoms with E-state index in [1.165, 1.54) is 11.8 Å². The molecule has 1 aromatic heterocycles. The molecular weight excluding hydrogens is 426 g/mol. The number of ether oxygens (including phenoxy) is 1. The highest BCUT2D eigenvalue weighted by atomic mass is 32.1. The zero-order chi connectivity index (χ0) is 23.0. The quantitative estimate of drug-likeness (QED) is 0.584. The van der Waals surface area contributed by atoms with Crippen LogP contribution in [0.15, 0.2) is 42.5 Å². The van der Waals surface area contributed by atoms with Crippen molar-refractivity contribution in [3.63, 3.8) is 0 Å². The van der Waals surface area contributed by atoms with Crippen LogP contribution in [0.3, 0.4) is 0 Å². The first kappa shape index (κ1) is 21.7. The van der Waals surface area contributed by atoms with Gasteiger partial charge in [0.25, 0.3) is 5.91 Å². The summed E-state index contributed by atoms with van der Waals surface area (Å²) in [6, 6.07) is 12.3. The monoisotopic (exact) mass is 449 g/mol. The number of thiazole rings is 1. The van der Waals surface area contributed by atoms with Crippen LogP contribution in [0.2, 0.25) is 0 Å². The molecule has 0 saturated heterocycles. The van der Waals surface area contributed by atoms with Crippen molar-refractivity contribution in [3.8, 4) is 17.0 Å². The largest absolute Gasteiger partial charge is 0.479 e. The van der Waals surface area contributed by atoms with E-state index in [1.54, 1.807) is 42.5 Å². The van der Waals surface area contributed by atoms with Crippen molar-refractivity contribution >= 4 is 40.3 Å². The van der Waals surface area contributed by atoms with E-state index in [1.807, 2.05) is 32.0 Å². The van der Waals surface area contributed by atoms with Crippen molar-refractivity contribution in [2.24, 2.45) is 0 Å². The third kappa shape index (κ3) is 4.27. The Balaban J connectivity index is 1.62. The Labute approximate surface area is 190 Å². The minimum absolute atomic E-state index is 0.0905. The molecule has 2 amide bonds. The molecule has 32 heavy (non-hydrogen) atoms. The second-order valence-corrected chi connectivity index (χ2v) is 9.10. The molecule has 1 aliphatic heterocycles. The van der Waals surface area contributed by atoms with Crippen molar-refractivity contribution in [3.05, 3.63) is 57.9 Å². The Kier molecular flexibility index (Phi) is 5.80. The van der Waals surface area contributed by atoms with Crippen molar-refractivity contribution in [2.75, 3.05) is 16.8 Å². The maximum atomic E-state index is 12.9. The number of aryl methyl sites for hydroxylation is 2. The molecule has 0 aliphatic carbocycles. The van der Waals surface area contributed by atoms with Crippen LogP contribution in [-0.4, -0.2) is 35.2 Å². The molecule has 7 nitrogen and oxygen atoms in total. The molecule has 2 aromatic carbocycles. The Morgan fingerprint density at radius 1 is 1.19 bits per heavy atom. The van der Waals surface area contributed by atoms with Gasteiger partial charge < -0.3 is 10.1 Å². The van der Waals surface area contributed by atoms with Gasteiger partial charge in [-0.2, -0.15) is 0 Å². The lowest BCUT2D eigenvalue weighted by Crippen LogP contribution is -2.47. The number of amides is 2. The van der Waals surface area contributed by atoms with Crippen LogP contribution in [0, 0.1) is 13.8 Å². The van der Waals surface area contributed by atoms with Crippen LogP contribution in [0.25, 0.3) is 11.3 Å². The number of nitrogens with one attached hydrogen (secondary N) is 1. The average molecular weight is 450 g/mol. The summed E-state index contributed by atoms with van der Waals surface area (Å²) in [4.78, 5) is 44.4. The number of carbonyl (C=O) groups excluding carboxylic acids is 3. The average Bonchev–Trinajstić information content (AvgIpc) is 3.09. The number of ketones is 1. The molecule has 0 radical (unpaired) electrons. The molecule has 0 saturated carbocycles. The normalized spacial score (nSPS) is 15.2. The van der Waals surface area contributed by atoms with E-state index in [0.717, 1.165) is 21.1 Å². The minimum atomic E-state index is -0.703. The molecule has 1 atom stereocenters. The van der Waals surface area contributed by atoms with Crippen LogP contribution in [0.5, 0.6) is 5.75 Å². The number of rotatable bonds is 5. The SMILES string of the molecule is CC(=O)c1cccc(NC(=O)CN2C(=O)C(C)Oc3ccc(-c4nc(C)sc4C)cc32)c1. The molecule has 4 rings (SSSR count). The van der Waals surface area contributed by atoms with Crippen LogP contribution in [0.4, 0.5) is 11.4 Å². The highest BCUT2D eigenvalue weighted by molar-refractivity contribution is 7.11. The maximum absolute atomic E-state index is 12.9. The molecule has 0 spiro atoms. The van der Waals surface area contributed by atoms with Gasteiger partial charge in [-0.1, -0.05) is 12.1 Å². The fourth-order valence-electron chi connectivity index (χ4n) is 3.67. The molecule has 2 heterocycles. The Bertz CT molecular complexity index is 1230. The van der Waals surface area contributed by atoms with Gasteiger partial charge >= 0.3 is 0 Å². The summed E-state index contributed by atoms with van der Waals surface area (Å²) in [6.45, 7) is 6.90. The van der Waals surface area contributed by atoms with Gasteiger partial charge in [0.2, 0.25) is 5.91 Å². The van der Waals surface area contributed by atoms with E-state index in [4.69, 9.17) is 4.74 Å². The number of hydrogen-bond donors (Lipinski definition) is 1. The van der Waals surface area contributed by atoms with Gasteiger partial charge in [0.1, 0.15) is 12.3 Å². The Morgan fingerprint density at radius 2 is 1.97 bits per heavy atom. The van der Waals surface area contributed by atoms with Gasteiger partial charge in [-0.05, 0) is 58.0 Å². The number of benzene rings is 2. The second-order valence-electron chi connectivity index (χ2n) is 7.69. The van der Waals surface area contributed by atoms with E-state index in [-0.39, 0.29) is 24.1 Å². The summed E-state index contributed by atoms with van der Waals surface area (Å²) in [5, 5.41) is 3.73. The fourth-order valence-corrected chi connectivity index (χ4v) is 4.51. The van der Waals surface area contributed by atoms with Crippen molar-refractivity contribution in [2.45, 2.75) is 33.8 Å². The van der Waals surface area contributed by atoms with E-state index in [0.29, 0.717) is 22.7 Å². The summed E-state index contributed by atoms with van der Waals surface area (Å²) in [5.74, 6) is -0.220. The molecule has 0 fully saturated rings. The van der Waals surface area contributed by atoms with Gasteiger partial charge in [-0.25, -0.2) is 4.98 Å². The predicted molar refractivity (Wildman–Crippen MR) is 125 cm³/mol. The Morgan fingerprint density at radius 3 is 2.66 bits per heavy atom. The first-order valence-electron chi connectivity index (χ1n) is 10.2. The van der Waals surface area contributed by atoms with Crippen molar-refractivity contribution < 1.29 is 19.1 Å². The van der Waals surface area contributed by atoms with Gasteiger partial charge in [0.05, 0.1) is 16.4 Å². The van der Waals surface area contributed by atoms with Gasteiger partial charge in [-0.15, -0.1) is 11.3 Å². The molecule has 0 bridgehead atoms. The lowest BCUT2D eigenvalue weighted by Gasteiger charge is -2.33. The highest BCUT2D eigenvalue weighted by Gasteiger charge is 2.33. The van der Waals surface area contributed by atoms with Crippen molar-refractivity contribution in [1.29, 1.82) is 0 Å². The summed E-state index contributed by atoms with van der Waals surface area (Å²) < 4.78 is 5.76. The highest BCUT2D eigenvalue weighted by Crippen LogP contribution is 2.38. The van der Waals surface area contributed by atoms with E-state index >= 15 is 0 Å². The fraction of sp³-hybridized carbons (Fsp3) is 0.250. The van der Waals surface area contributed by atoms with E-state index in [2.05, 4.69) is 10.3 Å². The standard InChI is InChI=1S/C24H23N3O4S/c1-13(28)17-6-5-7-19(10-17)26-22(29)12-27-20-11-18(23-15(3)32-16(4)25-23)8-9-21(20)31-14(2)24(27)30/h5-11,14H,12H2,1-4H3,(H,26,29). The van der Waals surface area contributed by atoms with Crippen LogP contribution in [-0.2, 0) is 9.59 Å². The summed E-state index contributed by atoms with van der Waals surface area (Å²) in [6.07, 6.45) is -0.703. The summed E-state index contributed by atoms with van der Waals surface area (Å²) in [7, 11) is 0. The molecular formula is C24H23N3O4S. The molecule has 1 unspecified atom stereocenters. The smallest absolute Gasteiger partial charge is 0.268 e. The van der Waals surface area contributed by atoms with Crippen molar-refractivity contribution in [1.82, 2.24) is 4.98 Å². The first-order valence-corrected chi connectivity index (χ1v) is 11.0. The molecule has 1 aliphatic rings. The minimum Gasteiger partial charge on any atom is -0.479 e. The summed E-state index contributed by atoms with van der Waals surface area (Å²) in [5.41, 5.74) is 3.24. The topological polar surface area (TPSA) is 88.6 Å². The number of Topliss-reactive ketones (excluding diaryl/α,β-unsaturated/α-hetero) is 1. The number of anilines is 2. The number of fused-ring (bicyclic) bond motifs is 1. The zero-order valence-corrected chi connectivity index (χ0v) is 19.1. The Hall–Kier alpha value is -3.52. The third-order valence-electron chi connectivity index (χ3n) is 5.20. The van der Waals surface area contributed by atoms with Crippen LogP contribution >= 0.6 is 11.3 Å². The first-order chi connectivity index (χ1) is 15.2. The van der Waals surface area contributed by atoms with E-state index < -0.39 is 6.10 Å². The third-order valence-corrected chi connectivity index (χ3v) is 6.09. The lowest BCUT2D eigenvalue weighted by atomic mass is 10.1. The van der Waals surface area contributed by atoms with Gasteiger partial charge in [0, 0.05) is 21.7 Å². The van der Waals surface area contributed by atoms with E-state index in [9.17, 15) is 14.4 Å². The molecule has 8 heteroatoms. The van der Waals surface area contributed by atoms with Gasteiger partial charge in [0.15, 0.2) is 11.9 Å². The molecule has 3 aromatic rings. The maximum Gasteiger partial charge on any atom is 0.268 e. The van der Waals surface area contributed by atoms with Crippen LogP contribution < -0.4 is 15.0 Å². The zero-order valence-electron chi connectivity index (χ0n) is 18.3. The molecule has 1 N–H and O–H groups in total. The number of hydrogen-bond acceptors (Lipinski definition) is 6. The van der Waals surface area contributed by atoms with Gasteiger partial charge in [-0.3, -0.25) is 19.3 Å². The number of aromatic nitrogens is 1. The lowest BCUT2D eigenvalue weighted by molar-refractivity contribution is -0.127. The predicted octanol–water partition coefficient (Wildman–Crippen LogP) is 4.38.